The minimum Gasteiger partial charge on any atom is -0.290 e. The van der Waals surface area contributed by atoms with E-state index in [9.17, 15) is 8.78 Å². The molecule has 0 unspecified atom stereocenters. The summed E-state index contributed by atoms with van der Waals surface area (Å²) in [4.78, 5) is 1.33. The molecule has 0 aliphatic carbocycles. The van der Waals surface area contributed by atoms with Crippen molar-refractivity contribution in [2.45, 2.75) is 5.92 Å². The Balaban J connectivity index is 2.29. The van der Waals surface area contributed by atoms with Crippen LogP contribution >= 0.6 is 0 Å². The van der Waals surface area contributed by atoms with Crippen molar-refractivity contribution in [3.8, 4) is 0 Å². The van der Waals surface area contributed by atoms with Gasteiger partial charge in [0.1, 0.15) is 0 Å². The van der Waals surface area contributed by atoms with Crippen LogP contribution in [0.3, 0.4) is 0 Å². The van der Waals surface area contributed by atoms with E-state index in [-0.39, 0.29) is 13.1 Å². The zero-order chi connectivity index (χ0) is 5.49. The first-order chi connectivity index (χ1) is 3.10. The molecule has 0 amide bonds. The molecule has 1 aliphatic rings. The Hall–Kier alpha value is -0.180. The average Bonchev–Trinajstić information content (AvgIpc) is 1.27. The lowest BCUT2D eigenvalue weighted by Gasteiger charge is -2.35. The van der Waals surface area contributed by atoms with Gasteiger partial charge in [-0.2, -0.15) is 0 Å². The van der Waals surface area contributed by atoms with Crippen LogP contribution < -0.4 is 0 Å². The molecule has 1 radical (unpaired) electrons. The summed E-state index contributed by atoms with van der Waals surface area (Å²) in [6.07, 6.45) is 0. The van der Waals surface area contributed by atoms with Crippen molar-refractivity contribution >= 4 is 0 Å². The van der Waals surface area contributed by atoms with Gasteiger partial charge in [-0.25, -0.2) is 8.78 Å². The summed E-state index contributed by atoms with van der Waals surface area (Å²) in [5.41, 5.74) is 0. The maximum Gasteiger partial charge on any atom is 0.272 e. The van der Waals surface area contributed by atoms with Crippen molar-refractivity contribution in [2.75, 3.05) is 13.1 Å². The van der Waals surface area contributed by atoms with Gasteiger partial charge in [-0.05, 0) is 0 Å². The third-order valence-corrected chi connectivity index (χ3v) is 0.910. The monoisotopic (exact) mass is 106 g/mol. The third kappa shape index (κ3) is 0.881. The van der Waals surface area contributed by atoms with E-state index in [1.54, 1.807) is 0 Å². The van der Waals surface area contributed by atoms with E-state index in [2.05, 4.69) is 7.05 Å². The molecule has 0 bridgehead atoms. The molecule has 1 fully saturated rings. The van der Waals surface area contributed by atoms with Gasteiger partial charge in [0.25, 0.3) is 5.92 Å². The van der Waals surface area contributed by atoms with Gasteiger partial charge in [0.05, 0.1) is 13.1 Å². The van der Waals surface area contributed by atoms with Crippen LogP contribution in [0.4, 0.5) is 8.78 Å². The second-order valence-corrected chi connectivity index (χ2v) is 1.84. The number of hydrogen-bond acceptors (Lipinski definition) is 1. The Labute approximate surface area is 40.9 Å². The molecule has 0 N–H and O–H groups in total. The van der Waals surface area contributed by atoms with Crippen LogP contribution in [0.5, 0.6) is 0 Å². The van der Waals surface area contributed by atoms with Gasteiger partial charge in [0.15, 0.2) is 0 Å². The average molecular weight is 106 g/mol. The summed E-state index contributed by atoms with van der Waals surface area (Å²) < 4.78 is 23.4. The Morgan fingerprint density at radius 2 is 1.86 bits per heavy atom. The van der Waals surface area contributed by atoms with Gasteiger partial charge >= 0.3 is 0 Å². The highest BCUT2D eigenvalue weighted by atomic mass is 19.3. The fraction of sp³-hybridized carbons (Fsp3) is 0.750. The van der Waals surface area contributed by atoms with E-state index in [0.717, 1.165) is 0 Å². The number of hydrogen-bond donors (Lipinski definition) is 0. The molecule has 3 heteroatoms. The molecule has 0 aromatic heterocycles. The molecule has 41 valence electrons. The summed E-state index contributed by atoms with van der Waals surface area (Å²) in [6, 6.07) is 0. The van der Waals surface area contributed by atoms with Gasteiger partial charge in [0, 0.05) is 7.05 Å². The number of alkyl halides is 2. The minimum atomic E-state index is -2.44. The molecule has 0 atom stereocenters. The Morgan fingerprint density at radius 3 is 1.86 bits per heavy atom. The highest BCUT2D eigenvalue weighted by Crippen LogP contribution is 2.24. The Kier molecular flexibility index (Phi) is 0.819. The number of rotatable bonds is 0. The lowest BCUT2D eigenvalue weighted by Crippen LogP contribution is -2.52. The van der Waals surface area contributed by atoms with Crippen molar-refractivity contribution in [3.63, 3.8) is 0 Å². The van der Waals surface area contributed by atoms with Crippen LogP contribution in [0.15, 0.2) is 0 Å². The molecule has 0 aromatic carbocycles. The van der Waals surface area contributed by atoms with Gasteiger partial charge < -0.3 is 0 Å². The van der Waals surface area contributed by atoms with Crippen LogP contribution in [0.25, 0.3) is 0 Å². The standard InChI is InChI=1S/C4H6F2N/c1-7-2-4(5,6)3-7/h1-3H2. The van der Waals surface area contributed by atoms with Crippen LogP contribution in [-0.4, -0.2) is 23.9 Å². The summed E-state index contributed by atoms with van der Waals surface area (Å²) in [5, 5.41) is 0. The van der Waals surface area contributed by atoms with Gasteiger partial charge in [-0.3, -0.25) is 4.90 Å². The maximum absolute atomic E-state index is 11.7. The van der Waals surface area contributed by atoms with E-state index >= 15 is 0 Å². The Bertz CT molecular complexity index is 73.8. The first-order valence-corrected chi connectivity index (χ1v) is 2.03. The molecule has 1 aliphatic heterocycles. The molecule has 7 heavy (non-hydrogen) atoms. The molecule has 1 heterocycles. The highest BCUT2D eigenvalue weighted by Gasteiger charge is 2.41. The van der Waals surface area contributed by atoms with Crippen molar-refractivity contribution in [2.24, 2.45) is 0 Å². The second-order valence-electron chi connectivity index (χ2n) is 1.84. The van der Waals surface area contributed by atoms with E-state index in [4.69, 9.17) is 0 Å². The number of nitrogens with zero attached hydrogens (tertiary/aromatic N) is 1. The minimum absolute atomic E-state index is 0.174. The van der Waals surface area contributed by atoms with E-state index in [0.29, 0.717) is 0 Å². The SMILES string of the molecule is [CH2]N1CC(F)(F)C1. The molecule has 0 aromatic rings. The Morgan fingerprint density at radius 1 is 1.43 bits per heavy atom. The van der Waals surface area contributed by atoms with Crippen LogP contribution in [0.1, 0.15) is 0 Å². The number of likely N-dealkylation sites (tertiary alicyclic amines) is 1. The first kappa shape index (κ1) is 4.97. The van der Waals surface area contributed by atoms with Crippen LogP contribution in [0, 0.1) is 7.05 Å². The summed E-state index contributed by atoms with van der Waals surface area (Å²) in [5.74, 6) is -2.44. The zero-order valence-electron chi connectivity index (χ0n) is 3.82. The largest absolute Gasteiger partial charge is 0.290 e. The summed E-state index contributed by atoms with van der Waals surface area (Å²) in [7, 11) is 3.29. The second kappa shape index (κ2) is 1.15. The zero-order valence-corrected chi connectivity index (χ0v) is 3.82. The molecular weight excluding hydrogens is 100 g/mol. The van der Waals surface area contributed by atoms with Gasteiger partial charge in [-0.15, -0.1) is 0 Å². The first-order valence-electron chi connectivity index (χ1n) is 2.03. The highest BCUT2D eigenvalue weighted by molar-refractivity contribution is 4.85. The van der Waals surface area contributed by atoms with E-state index in [1.165, 1.54) is 4.90 Å². The van der Waals surface area contributed by atoms with Crippen molar-refractivity contribution in [3.05, 3.63) is 7.05 Å². The van der Waals surface area contributed by atoms with Crippen LogP contribution in [-0.2, 0) is 0 Å². The predicted octanol–water partition coefficient (Wildman–Crippen LogP) is 0.729. The normalized spacial score (nSPS) is 29.6. The summed E-state index contributed by atoms with van der Waals surface area (Å²) >= 11 is 0. The van der Waals surface area contributed by atoms with E-state index < -0.39 is 5.92 Å². The molecule has 1 nitrogen and oxygen atoms in total. The fourth-order valence-electron chi connectivity index (χ4n) is 0.608. The molecular formula is C4H6F2N. The lowest BCUT2D eigenvalue weighted by molar-refractivity contribution is -0.112. The molecule has 0 spiro atoms. The van der Waals surface area contributed by atoms with Crippen molar-refractivity contribution in [1.29, 1.82) is 0 Å². The molecule has 1 saturated heterocycles. The molecule has 1 rings (SSSR count). The molecule has 0 saturated carbocycles. The predicted molar refractivity (Wildman–Crippen MR) is 21.9 cm³/mol. The lowest BCUT2D eigenvalue weighted by atomic mass is 10.2. The van der Waals surface area contributed by atoms with Gasteiger partial charge in [-0.1, -0.05) is 0 Å². The fourth-order valence-corrected chi connectivity index (χ4v) is 0.608. The topological polar surface area (TPSA) is 3.24 Å². The van der Waals surface area contributed by atoms with E-state index in [1.807, 2.05) is 0 Å². The van der Waals surface area contributed by atoms with Crippen molar-refractivity contribution < 1.29 is 8.78 Å². The van der Waals surface area contributed by atoms with Gasteiger partial charge in [0.2, 0.25) is 0 Å². The smallest absolute Gasteiger partial charge is 0.272 e. The van der Waals surface area contributed by atoms with Crippen LogP contribution in [0.2, 0.25) is 0 Å². The quantitative estimate of drug-likeness (QED) is 0.440. The van der Waals surface area contributed by atoms with Crippen molar-refractivity contribution in [1.82, 2.24) is 4.90 Å². The number of halogens is 2. The maximum atomic E-state index is 11.7. The summed E-state index contributed by atoms with van der Waals surface area (Å²) in [6.45, 7) is -0.347. The third-order valence-electron chi connectivity index (χ3n) is 0.910.